The Kier molecular flexibility index (Phi) is 4.62. The Hall–Kier alpha value is -1.94. The third kappa shape index (κ3) is 3.88. The number of hydrogen-bond acceptors (Lipinski definition) is 1. The van der Waals surface area contributed by atoms with E-state index in [1.54, 1.807) is 6.07 Å². The highest BCUT2D eigenvalue weighted by Gasteiger charge is 2.31. The van der Waals surface area contributed by atoms with Gasteiger partial charge in [-0.1, -0.05) is 30.3 Å². The molecule has 2 aromatic carbocycles. The minimum atomic E-state index is -0.173. The molecule has 1 aliphatic rings. The lowest BCUT2D eigenvalue weighted by molar-refractivity contribution is 0.400. The van der Waals surface area contributed by atoms with Crippen molar-refractivity contribution in [3.05, 3.63) is 65.0 Å². The van der Waals surface area contributed by atoms with E-state index in [2.05, 4.69) is 42.3 Å². The molecule has 0 saturated heterocycles. The Bertz CT molecular complexity index is 725. The molecular weight excluding hydrogens is 307 g/mol. The molecular formula is C19H21FN2S. The van der Waals surface area contributed by atoms with Crippen LogP contribution in [-0.2, 0) is 6.54 Å². The van der Waals surface area contributed by atoms with Crippen LogP contribution < -0.4 is 5.32 Å². The van der Waals surface area contributed by atoms with Gasteiger partial charge in [-0.25, -0.2) is 4.39 Å². The minimum absolute atomic E-state index is 0.173. The third-order valence-corrected chi connectivity index (χ3v) is 4.52. The predicted octanol–water partition coefficient (Wildman–Crippen LogP) is 4.80. The molecule has 0 aromatic heterocycles. The molecule has 0 atom stereocenters. The second-order valence-corrected chi connectivity index (χ2v) is 6.59. The molecule has 1 aliphatic carbocycles. The zero-order valence-electron chi connectivity index (χ0n) is 13.5. The molecule has 2 aromatic rings. The molecule has 120 valence electrons. The van der Waals surface area contributed by atoms with Gasteiger partial charge >= 0.3 is 0 Å². The zero-order valence-corrected chi connectivity index (χ0v) is 14.3. The van der Waals surface area contributed by atoms with Gasteiger partial charge in [0.1, 0.15) is 5.82 Å². The fraction of sp³-hybridized carbons (Fsp3) is 0.316. The summed E-state index contributed by atoms with van der Waals surface area (Å²) in [5.74, 6) is -0.173. The molecule has 2 nitrogen and oxygen atoms in total. The van der Waals surface area contributed by atoms with Gasteiger partial charge in [0, 0.05) is 23.8 Å². The summed E-state index contributed by atoms with van der Waals surface area (Å²) < 4.78 is 14.0. The quantitative estimate of drug-likeness (QED) is 0.811. The topological polar surface area (TPSA) is 15.3 Å². The van der Waals surface area contributed by atoms with Crippen molar-refractivity contribution in [2.75, 3.05) is 5.32 Å². The average molecular weight is 328 g/mol. The largest absolute Gasteiger partial charge is 0.342 e. The fourth-order valence-electron chi connectivity index (χ4n) is 2.62. The van der Waals surface area contributed by atoms with Crippen molar-refractivity contribution in [2.45, 2.75) is 39.3 Å². The van der Waals surface area contributed by atoms with E-state index in [1.807, 2.05) is 12.1 Å². The number of hydrogen-bond donors (Lipinski definition) is 1. The van der Waals surface area contributed by atoms with Gasteiger partial charge in [-0.15, -0.1) is 0 Å². The van der Waals surface area contributed by atoms with E-state index in [0.29, 0.717) is 23.3 Å². The zero-order chi connectivity index (χ0) is 16.4. The van der Waals surface area contributed by atoms with Crippen molar-refractivity contribution in [3.8, 4) is 0 Å². The number of thiocarbonyl (C=S) groups is 1. The Morgan fingerprint density at radius 2 is 1.96 bits per heavy atom. The lowest BCUT2D eigenvalue weighted by Gasteiger charge is -2.26. The summed E-state index contributed by atoms with van der Waals surface area (Å²) in [4.78, 5) is 2.11. The van der Waals surface area contributed by atoms with Crippen molar-refractivity contribution >= 4 is 23.0 Å². The van der Waals surface area contributed by atoms with Gasteiger partial charge in [0.25, 0.3) is 0 Å². The molecule has 0 unspecified atom stereocenters. The van der Waals surface area contributed by atoms with Gasteiger partial charge in [0.2, 0.25) is 0 Å². The summed E-state index contributed by atoms with van der Waals surface area (Å²) >= 11 is 5.61. The highest BCUT2D eigenvalue weighted by molar-refractivity contribution is 7.80. The van der Waals surface area contributed by atoms with Gasteiger partial charge in [-0.05, 0) is 62.2 Å². The molecule has 1 fully saturated rings. The summed E-state index contributed by atoms with van der Waals surface area (Å²) in [6.45, 7) is 4.63. The maximum absolute atomic E-state index is 14.0. The van der Waals surface area contributed by atoms with E-state index < -0.39 is 0 Å². The van der Waals surface area contributed by atoms with Crippen LogP contribution in [0, 0.1) is 19.7 Å². The summed E-state index contributed by atoms with van der Waals surface area (Å²) in [6.07, 6.45) is 2.23. The molecule has 3 rings (SSSR count). The lowest BCUT2D eigenvalue weighted by atomic mass is 10.1. The highest BCUT2D eigenvalue weighted by atomic mass is 32.1. The van der Waals surface area contributed by atoms with Gasteiger partial charge in [0.05, 0.1) is 0 Å². The van der Waals surface area contributed by atoms with Crippen molar-refractivity contribution in [1.82, 2.24) is 4.90 Å². The van der Waals surface area contributed by atoms with Crippen molar-refractivity contribution in [3.63, 3.8) is 0 Å². The van der Waals surface area contributed by atoms with Crippen LogP contribution in [0.3, 0.4) is 0 Å². The van der Waals surface area contributed by atoms with Crippen molar-refractivity contribution in [2.24, 2.45) is 0 Å². The first kappa shape index (κ1) is 15.9. The minimum Gasteiger partial charge on any atom is -0.342 e. The average Bonchev–Trinajstić information content (AvgIpc) is 3.34. The molecule has 0 aliphatic heterocycles. The second-order valence-electron chi connectivity index (χ2n) is 6.20. The number of halogens is 1. The summed E-state index contributed by atoms with van der Waals surface area (Å²) in [5.41, 5.74) is 4.05. The first-order chi connectivity index (χ1) is 11.0. The van der Waals surface area contributed by atoms with Gasteiger partial charge in [-0.2, -0.15) is 0 Å². The third-order valence-electron chi connectivity index (χ3n) is 4.18. The maximum Gasteiger partial charge on any atom is 0.173 e. The summed E-state index contributed by atoms with van der Waals surface area (Å²) in [5, 5.41) is 4.02. The summed E-state index contributed by atoms with van der Waals surface area (Å²) in [7, 11) is 0. The first-order valence-corrected chi connectivity index (χ1v) is 8.33. The summed E-state index contributed by atoms with van der Waals surface area (Å²) in [6, 6.07) is 13.6. The molecule has 23 heavy (non-hydrogen) atoms. The smallest absolute Gasteiger partial charge is 0.173 e. The van der Waals surface area contributed by atoms with E-state index in [1.165, 1.54) is 11.6 Å². The van der Waals surface area contributed by atoms with Crippen LogP contribution in [0.1, 0.15) is 29.5 Å². The van der Waals surface area contributed by atoms with Crippen LogP contribution in [0.2, 0.25) is 0 Å². The van der Waals surface area contributed by atoms with Gasteiger partial charge < -0.3 is 10.2 Å². The fourth-order valence-corrected chi connectivity index (χ4v) is 2.94. The molecule has 0 amide bonds. The monoisotopic (exact) mass is 328 g/mol. The first-order valence-electron chi connectivity index (χ1n) is 7.93. The molecule has 0 radical (unpaired) electrons. The highest BCUT2D eigenvalue weighted by Crippen LogP contribution is 2.30. The number of benzene rings is 2. The van der Waals surface area contributed by atoms with E-state index in [4.69, 9.17) is 12.2 Å². The number of nitrogens with one attached hydrogen (secondary N) is 1. The SMILES string of the molecule is Cc1ccc(C)c(NC(=S)N(Cc2ccccc2F)C2CC2)c1. The Morgan fingerprint density at radius 3 is 2.65 bits per heavy atom. The molecule has 1 N–H and O–H groups in total. The van der Waals surface area contributed by atoms with Crippen LogP contribution >= 0.6 is 12.2 Å². The van der Waals surface area contributed by atoms with E-state index in [-0.39, 0.29) is 5.82 Å². The van der Waals surface area contributed by atoms with Crippen molar-refractivity contribution < 1.29 is 4.39 Å². The van der Waals surface area contributed by atoms with Crippen LogP contribution in [-0.4, -0.2) is 16.1 Å². The lowest BCUT2D eigenvalue weighted by Crippen LogP contribution is -2.36. The Balaban J connectivity index is 1.77. The molecule has 4 heteroatoms. The molecule has 0 bridgehead atoms. The molecule has 0 heterocycles. The Labute approximate surface area is 142 Å². The second kappa shape index (κ2) is 6.67. The van der Waals surface area contributed by atoms with Crippen LogP contribution in [0.5, 0.6) is 0 Å². The van der Waals surface area contributed by atoms with Gasteiger partial charge in [0.15, 0.2) is 5.11 Å². The van der Waals surface area contributed by atoms with Crippen LogP contribution in [0.15, 0.2) is 42.5 Å². The van der Waals surface area contributed by atoms with E-state index in [0.717, 1.165) is 24.1 Å². The number of nitrogens with zero attached hydrogens (tertiary/aromatic N) is 1. The number of aryl methyl sites for hydroxylation is 2. The van der Waals surface area contributed by atoms with E-state index >= 15 is 0 Å². The molecule has 0 spiro atoms. The normalized spacial score (nSPS) is 13.7. The maximum atomic E-state index is 14.0. The van der Waals surface area contributed by atoms with Gasteiger partial charge in [-0.3, -0.25) is 0 Å². The Morgan fingerprint density at radius 1 is 1.22 bits per heavy atom. The standard InChI is InChI=1S/C19H21FN2S/c1-13-7-8-14(2)18(11-13)21-19(23)22(16-9-10-16)12-15-5-3-4-6-17(15)20/h3-8,11,16H,9-10,12H2,1-2H3,(H,21,23). The number of rotatable bonds is 4. The van der Waals surface area contributed by atoms with Crippen LogP contribution in [0.25, 0.3) is 0 Å². The molecule has 1 saturated carbocycles. The number of anilines is 1. The van der Waals surface area contributed by atoms with Crippen LogP contribution in [0.4, 0.5) is 10.1 Å². The predicted molar refractivity (Wildman–Crippen MR) is 97.1 cm³/mol. The van der Waals surface area contributed by atoms with E-state index in [9.17, 15) is 4.39 Å². The van der Waals surface area contributed by atoms with Crippen molar-refractivity contribution in [1.29, 1.82) is 0 Å².